The molecule has 0 amide bonds. The Morgan fingerprint density at radius 1 is 0.957 bits per heavy atom. The molecule has 1 N–H and O–H groups in total. The van der Waals surface area contributed by atoms with Crippen molar-refractivity contribution in [3.63, 3.8) is 0 Å². The van der Waals surface area contributed by atoms with Crippen LogP contribution in [0.5, 0.6) is 5.75 Å². The first kappa shape index (κ1) is 15.5. The molecular formula is C19H23N3O. The highest BCUT2D eigenvalue weighted by Crippen LogP contribution is 2.29. The molecule has 120 valence electrons. The van der Waals surface area contributed by atoms with E-state index in [1.54, 1.807) is 4.80 Å². The maximum atomic E-state index is 10.6. The largest absolute Gasteiger partial charge is 0.505 e. The monoisotopic (exact) mass is 309 g/mol. The molecule has 0 fully saturated rings. The van der Waals surface area contributed by atoms with Crippen LogP contribution in [-0.2, 0) is 12.8 Å². The molecule has 1 aromatic heterocycles. The topological polar surface area (TPSA) is 50.9 Å². The van der Waals surface area contributed by atoms with E-state index < -0.39 is 0 Å². The number of rotatable bonds is 5. The summed E-state index contributed by atoms with van der Waals surface area (Å²) in [5, 5.41) is 19.7. The number of hydrogen-bond acceptors (Lipinski definition) is 3. The third-order valence-corrected chi connectivity index (χ3v) is 4.04. The van der Waals surface area contributed by atoms with Crippen LogP contribution in [0.3, 0.4) is 0 Å². The molecule has 4 nitrogen and oxygen atoms in total. The van der Waals surface area contributed by atoms with Gasteiger partial charge in [-0.25, -0.2) is 0 Å². The number of aromatic hydroxyl groups is 1. The van der Waals surface area contributed by atoms with Gasteiger partial charge in [0.25, 0.3) is 0 Å². The lowest BCUT2D eigenvalue weighted by Gasteiger charge is -2.11. The normalized spacial score (nSPS) is 11.3. The summed E-state index contributed by atoms with van der Waals surface area (Å²) >= 11 is 0. The van der Waals surface area contributed by atoms with E-state index in [1.807, 2.05) is 31.2 Å². The van der Waals surface area contributed by atoms with E-state index in [1.165, 1.54) is 5.56 Å². The molecule has 0 saturated carbocycles. The molecule has 0 spiro atoms. The Morgan fingerprint density at radius 2 is 1.70 bits per heavy atom. The third kappa shape index (κ3) is 3.07. The number of phenols is 1. The van der Waals surface area contributed by atoms with Crippen molar-refractivity contribution < 1.29 is 5.11 Å². The second kappa shape index (κ2) is 6.41. The van der Waals surface area contributed by atoms with Gasteiger partial charge in [0, 0.05) is 0 Å². The molecule has 0 aliphatic carbocycles. The van der Waals surface area contributed by atoms with Gasteiger partial charge in [0.05, 0.1) is 0 Å². The van der Waals surface area contributed by atoms with Crippen molar-refractivity contribution in [3.8, 4) is 11.4 Å². The highest BCUT2D eigenvalue weighted by molar-refractivity contribution is 5.74. The molecule has 4 heteroatoms. The lowest BCUT2D eigenvalue weighted by atomic mass is 10.0. The molecule has 3 rings (SSSR count). The number of hydrogen-bond donors (Lipinski definition) is 1. The van der Waals surface area contributed by atoms with Gasteiger partial charge in [-0.05, 0) is 54.7 Å². The maximum Gasteiger partial charge on any atom is 0.146 e. The van der Waals surface area contributed by atoms with Gasteiger partial charge in [0.2, 0.25) is 0 Å². The fourth-order valence-corrected chi connectivity index (χ4v) is 2.92. The van der Waals surface area contributed by atoms with E-state index in [4.69, 9.17) is 0 Å². The summed E-state index contributed by atoms with van der Waals surface area (Å²) in [6, 6.07) is 10.1. The van der Waals surface area contributed by atoms with Crippen LogP contribution in [0, 0.1) is 6.92 Å². The molecule has 0 unspecified atom stereocenters. The van der Waals surface area contributed by atoms with Gasteiger partial charge in [-0.1, -0.05) is 38.8 Å². The van der Waals surface area contributed by atoms with Gasteiger partial charge in [0.1, 0.15) is 22.5 Å². The van der Waals surface area contributed by atoms with Gasteiger partial charge >= 0.3 is 0 Å². The Kier molecular flexibility index (Phi) is 4.33. The van der Waals surface area contributed by atoms with Crippen LogP contribution >= 0.6 is 0 Å². The first-order chi connectivity index (χ1) is 11.1. The van der Waals surface area contributed by atoms with Gasteiger partial charge in [-0.3, -0.25) is 0 Å². The van der Waals surface area contributed by atoms with E-state index in [2.05, 4.69) is 30.1 Å². The molecule has 0 aliphatic heterocycles. The number of benzene rings is 2. The van der Waals surface area contributed by atoms with Crippen LogP contribution in [0.1, 0.15) is 43.4 Å². The minimum Gasteiger partial charge on any atom is -0.505 e. The molecule has 1 heterocycles. The summed E-state index contributed by atoms with van der Waals surface area (Å²) in [5.74, 6) is 0.295. The van der Waals surface area contributed by atoms with Crippen LogP contribution < -0.4 is 0 Å². The van der Waals surface area contributed by atoms with E-state index >= 15 is 0 Å². The predicted molar refractivity (Wildman–Crippen MR) is 93.3 cm³/mol. The van der Waals surface area contributed by atoms with Crippen LogP contribution in [0.15, 0.2) is 30.3 Å². The van der Waals surface area contributed by atoms with E-state index in [0.717, 1.165) is 47.8 Å². The zero-order valence-electron chi connectivity index (χ0n) is 14.0. The first-order valence-electron chi connectivity index (χ1n) is 8.31. The summed E-state index contributed by atoms with van der Waals surface area (Å²) in [7, 11) is 0. The van der Waals surface area contributed by atoms with Crippen LogP contribution in [0.4, 0.5) is 0 Å². The van der Waals surface area contributed by atoms with Crippen molar-refractivity contribution in [2.24, 2.45) is 0 Å². The molecular weight excluding hydrogens is 286 g/mol. The van der Waals surface area contributed by atoms with Crippen LogP contribution in [0.2, 0.25) is 0 Å². The van der Waals surface area contributed by atoms with E-state index in [0.29, 0.717) is 11.4 Å². The van der Waals surface area contributed by atoms with Crippen molar-refractivity contribution >= 4 is 11.0 Å². The van der Waals surface area contributed by atoms with Crippen LogP contribution in [0.25, 0.3) is 16.7 Å². The van der Waals surface area contributed by atoms with Gasteiger partial charge in [-0.15, -0.1) is 15.0 Å². The number of aryl methyl sites for hydroxylation is 3. The Morgan fingerprint density at radius 3 is 2.43 bits per heavy atom. The number of nitrogens with zero attached hydrogens (tertiary/aromatic N) is 3. The molecule has 2 aromatic carbocycles. The van der Waals surface area contributed by atoms with Crippen molar-refractivity contribution in [1.29, 1.82) is 0 Å². The summed E-state index contributed by atoms with van der Waals surface area (Å²) < 4.78 is 0. The highest BCUT2D eigenvalue weighted by Gasteiger charge is 2.14. The predicted octanol–water partition coefficient (Wildman–Crippen LogP) is 4.34. The Hall–Kier alpha value is -2.36. The molecule has 23 heavy (non-hydrogen) atoms. The minimum absolute atomic E-state index is 0.295. The highest BCUT2D eigenvalue weighted by atomic mass is 16.3. The SMILES string of the molecule is CCCc1cc(CCC)c(O)c(-n2nc3ccc(C)cc3n2)c1. The van der Waals surface area contributed by atoms with Gasteiger partial charge < -0.3 is 5.11 Å². The lowest BCUT2D eigenvalue weighted by molar-refractivity contribution is 0.460. The van der Waals surface area contributed by atoms with Crippen molar-refractivity contribution in [3.05, 3.63) is 47.0 Å². The summed E-state index contributed by atoms with van der Waals surface area (Å²) in [5.41, 5.74) is 5.72. The van der Waals surface area contributed by atoms with Crippen LogP contribution in [-0.4, -0.2) is 20.1 Å². The molecule has 0 aliphatic rings. The standard InChI is InChI=1S/C19H23N3O/c1-4-6-14-11-15(7-5-2)19(23)18(12-14)22-20-16-9-8-13(3)10-17(16)21-22/h8-12,23H,4-7H2,1-3H3. The zero-order valence-corrected chi connectivity index (χ0v) is 14.0. The molecule has 3 aromatic rings. The fourth-order valence-electron chi connectivity index (χ4n) is 2.92. The average Bonchev–Trinajstić information content (AvgIpc) is 2.93. The fraction of sp³-hybridized carbons (Fsp3) is 0.368. The Balaban J connectivity index is 2.15. The molecule has 0 bridgehead atoms. The van der Waals surface area contributed by atoms with E-state index in [-0.39, 0.29) is 0 Å². The van der Waals surface area contributed by atoms with Crippen molar-refractivity contribution in [2.45, 2.75) is 46.5 Å². The van der Waals surface area contributed by atoms with Crippen molar-refractivity contribution in [2.75, 3.05) is 0 Å². The third-order valence-electron chi connectivity index (χ3n) is 4.04. The molecule has 0 atom stereocenters. The summed E-state index contributed by atoms with van der Waals surface area (Å²) in [6.07, 6.45) is 3.92. The molecule has 0 saturated heterocycles. The summed E-state index contributed by atoms with van der Waals surface area (Å²) in [4.78, 5) is 1.57. The number of phenolic OH excluding ortho intramolecular Hbond substituents is 1. The smallest absolute Gasteiger partial charge is 0.146 e. The van der Waals surface area contributed by atoms with Crippen molar-refractivity contribution in [1.82, 2.24) is 15.0 Å². The Bertz CT molecular complexity index is 836. The first-order valence-corrected chi connectivity index (χ1v) is 8.31. The average molecular weight is 309 g/mol. The van der Waals surface area contributed by atoms with Gasteiger partial charge in [0.15, 0.2) is 0 Å². The maximum absolute atomic E-state index is 10.6. The lowest BCUT2D eigenvalue weighted by Crippen LogP contribution is -2.03. The second-order valence-corrected chi connectivity index (χ2v) is 6.10. The second-order valence-electron chi connectivity index (χ2n) is 6.10. The zero-order chi connectivity index (χ0) is 16.4. The Labute approximate surface area is 136 Å². The summed E-state index contributed by atoms with van der Waals surface area (Å²) in [6.45, 7) is 6.32. The molecule has 0 radical (unpaired) electrons. The number of fused-ring (bicyclic) bond motifs is 1. The van der Waals surface area contributed by atoms with Gasteiger partial charge in [-0.2, -0.15) is 0 Å². The van der Waals surface area contributed by atoms with E-state index in [9.17, 15) is 5.11 Å². The quantitative estimate of drug-likeness (QED) is 0.762. The minimum atomic E-state index is 0.295. The number of aromatic nitrogens is 3.